The van der Waals surface area contributed by atoms with Crippen molar-refractivity contribution in [3.63, 3.8) is 0 Å². The summed E-state index contributed by atoms with van der Waals surface area (Å²) >= 11 is 17.3. The van der Waals surface area contributed by atoms with E-state index in [1.807, 2.05) is 6.07 Å². The largest absolute Gasteiger partial charge is 0.322 e. The van der Waals surface area contributed by atoms with Gasteiger partial charge >= 0.3 is 0 Å². The van der Waals surface area contributed by atoms with E-state index >= 15 is 0 Å². The molecule has 0 unspecified atom stereocenters. The van der Waals surface area contributed by atoms with E-state index in [2.05, 4.69) is 5.32 Å². The van der Waals surface area contributed by atoms with Gasteiger partial charge < -0.3 is 5.32 Å². The van der Waals surface area contributed by atoms with Crippen LogP contribution in [0.15, 0.2) is 30.3 Å². The lowest BCUT2D eigenvalue weighted by Gasteiger charge is -2.08. The molecule has 2 rings (SSSR count). The summed E-state index contributed by atoms with van der Waals surface area (Å²) < 4.78 is 13.4. The third-order valence-corrected chi connectivity index (χ3v) is 3.52. The zero-order valence-corrected chi connectivity index (χ0v) is 12.5. The van der Waals surface area contributed by atoms with Crippen LogP contribution in [0.2, 0.25) is 15.1 Å². The summed E-state index contributed by atoms with van der Waals surface area (Å²) in [5.74, 6) is -1.36. The average Bonchev–Trinajstić information content (AvgIpc) is 2.43. The third kappa shape index (κ3) is 3.45. The van der Waals surface area contributed by atoms with Gasteiger partial charge in [-0.15, -0.1) is 0 Å². The molecule has 0 bridgehead atoms. The van der Waals surface area contributed by atoms with Crippen LogP contribution in [0, 0.1) is 17.1 Å². The van der Waals surface area contributed by atoms with Crippen molar-refractivity contribution >= 4 is 46.4 Å². The molecule has 0 fully saturated rings. The molecule has 0 spiro atoms. The van der Waals surface area contributed by atoms with E-state index in [9.17, 15) is 9.18 Å². The highest BCUT2D eigenvalue weighted by Gasteiger charge is 2.15. The number of nitrogens with one attached hydrogen (secondary N) is 1. The maximum absolute atomic E-state index is 13.4. The molecule has 0 radical (unpaired) electrons. The number of anilines is 1. The van der Waals surface area contributed by atoms with Crippen molar-refractivity contribution in [2.45, 2.75) is 0 Å². The van der Waals surface area contributed by atoms with Gasteiger partial charge in [0.1, 0.15) is 11.9 Å². The van der Waals surface area contributed by atoms with E-state index in [-0.39, 0.29) is 26.2 Å². The van der Waals surface area contributed by atoms with Crippen LogP contribution in [0.1, 0.15) is 15.9 Å². The summed E-state index contributed by atoms with van der Waals surface area (Å²) in [4.78, 5) is 12.1. The van der Waals surface area contributed by atoms with Gasteiger partial charge in [-0.05, 0) is 30.3 Å². The number of halogens is 4. The second-order valence-corrected chi connectivity index (χ2v) is 5.23. The number of carbonyl (C=O) groups excluding carboxylic acids is 1. The molecule has 2 aromatic rings. The molecule has 0 aliphatic rings. The summed E-state index contributed by atoms with van der Waals surface area (Å²) in [7, 11) is 0. The minimum atomic E-state index is -0.746. The van der Waals surface area contributed by atoms with Crippen LogP contribution in [0.25, 0.3) is 0 Å². The maximum Gasteiger partial charge on any atom is 0.257 e. The molecular weight excluding hydrogens is 338 g/mol. The fourth-order valence-electron chi connectivity index (χ4n) is 1.58. The minimum Gasteiger partial charge on any atom is -0.322 e. The number of nitriles is 1. The first-order valence-electron chi connectivity index (χ1n) is 5.58. The quantitative estimate of drug-likeness (QED) is 0.788. The Hall–Kier alpha value is -1.80. The third-order valence-electron chi connectivity index (χ3n) is 2.60. The molecule has 0 heterocycles. The zero-order valence-electron chi connectivity index (χ0n) is 10.3. The first kappa shape index (κ1) is 15.6. The number of hydrogen-bond donors (Lipinski definition) is 1. The first-order valence-corrected chi connectivity index (χ1v) is 6.71. The van der Waals surface area contributed by atoms with Crippen molar-refractivity contribution in [1.82, 2.24) is 0 Å². The normalized spacial score (nSPS) is 10.0. The summed E-state index contributed by atoms with van der Waals surface area (Å²) in [6.45, 7) is 0. The molecule has 7 heteroatoms. The van der Waals surface area contributed by atoms with Crippen LogP contribution in [-0.4, -0.2) is 5.91 Å². The summed E-state index contributed by atoms with van der Waals surface area (Å²) in [5.41, 5.74) is 0.583. The van der Waals surface area contributed by atoms with E-state index in [0.717, 1.165) is 12.1 Å². The zero-order chi connectivity index (χ0) is 15.6. The molecular formula is C14H6Cl3FN2O. The predicted molar refractivity (Wildman–Crippen MR) is 80.5 cm³/mol. The van der Waals surface area contributed by atoms with Crippen LogP contribution in [-0.2, 0) is 0 Å². The van der Waals surface area contributed by atoms with Crippen LogP contribution >= 0.6 is 34.8 Å². The molecule has 2 aromatic carbocycles. The Morgan fingerprint density at radius 2 is 1.81 bits per heavy atom. The molecule has 0 aliphatic carbocycles. The van der Waals surface area contributed by atoms with Gasteiger partial charge in [0.05, 0.1) is 26.2 Å². The minimum absolute atomic E-state index is 0.0265. The molecule has 0 aromatic heterocycles. The van der Waals surface area contributed by atoms with Crippen LogP contribution in [0.5, 0.6) is 0 Å². The molecule has 1 N–H and O–H groups in total. The van der Waals surface area contributed by atoms with Crippen molar-refractivity contribution in [2.75, 3.05) is 5.32 Å². The lowest BCUT2D eigenvalue weighted by atomic mass is 10.2. The highest BCUT2D eigenvalue weighted by Crippen LogP contribution is 2.26. The second kappa shape index (κ2) is 6.31. The van der Waals surface area contributed by atoms with Gasteiger partial charge in [-0.3, -0.25) is 4.79 Å². The second-order valence-electron chi connectivity index (χ2n) is 4.01. The topological polar surface area (TPSA) is 52.9 Å². The average molecular weight is 344 g/mol. The van der Waals surface area contributed by atoms with Gasteiger partial charge in [0.25, 0.3) is 5.91 Å². The molecule has 0 atom stereocenters. The smallest absolute Gasteiger partial charge is 0.257 e. The Bertz CT molecular complexity index is 772. The van der Waals surface area contributed by atoms with Crippen molar-refractivity contribution in [3.8, 4) is 6.07 Å². The molecule has 106 valence electrons. The van der Waals surface area contributed by atoms with E-state index in [1.165, 1.54) is 18.2 Å². The highest BCUT2D eigenvalue weighted by atomic mass is 35.5. The van der Waals surface area contributed by atoms with Crippen LogP contribution in [0.4, 0.5) is 10.1 Å². The maximum atomic E-state index is 13.4. The summed E-state index contributed by atoms with van der Waals surface area (Å²) in [6.07, 6.45) is 0. The number of benzene rings is 2. The number of carbonyl (C=O) groups is 1. The van der Waals surface area contributed by atoms with E-state index in [0.29, 0.717) is 5.69 Å². The summed E-state index contributed by atoms with van der Waals surface area (Å²) in [5, 5.41) is 11.3. The van der Waals surface area contributed by atoms with Gasteiger partial charge in [0, 0.05) is 5.69 Å². The first-order chi connectivity index (χ1) is 9.92. The summed E-state index contributed by atoms with van der Waals surface area (Å²) in [6, 6.07) is 8.38. The fraction of sp³-hybridized carbons (Fsp3) is 0. The molecule has 0 saturated carbocycles. The van der Waals surface area contributed by atoms with Gasteiger partial charge in [0.2, 0.25) is 0 Å². The SMILES string of the molecule is N#Cc1ccc(NC(=O)c2cc(F)c(Cl)cc2Cl)cc1Cl. The molecule has 0 saturated heterocycles. The Labute approximate surface area is 134 Å². The van der Waals surface area contributed by atoms with Crippen molar-refractivity contribution in [2.24, 2.45) is 0 Å². The lowest BCUT2D eigenvalue weighted by Crippen LogP contribution is -2.13. The van der Waals surface area contributed by atoms with Crippen molar-refractivity contribution < 1.29 is 9.18 Å². The van der Waals surface area contributed by atoms with Gasteiger partial charge in [-0.25, -0.2) is 4.39 Å². The number of amides is 1. The van der Waals surface area contributed by atoms with Gasteiger partial charge in [-0.2, -0.15) is 5.26 Å². The van der Waals surface area contributed by atoms with Crippen molar-refractivity contribution in [3.05, 3.63) is 62.3 Å². The van der Waals surface area contributed by atoms with Gasteiger partial charge in [0.15, 0.2) is 0 Å². The highest BCUT2D eigenvalue weighted by molar-refractivity contribution is 6.37. The number of rotatable bonds is 2. The Kier molecular flexibility index (Phi) is 4.69. The van der Waals surface area contributed by atoms with Crippen LogP contribution < -0.4 is 5.32 Å². The lowest BCUT2D eigenvalue weighted by molar-refractivity contribution is 0.102. The Balaban J connectivity index is 2.28. The van der Waals surface area contributed by atoms with Crippen LogP contribution in [0.3, 0.4) is 0 Å². The number of nitrogens with zero attached hydrogens (tertiary/aromatic N) is 1. The van der Waals surface area contributed by atoms with E-state index in [4.69, 9.17) is 40.1 Å². The Morgan fingerprint density at radius 1 is 1.10 bits per heavy atom. The predicted octanol–water partition coefficient (Wildman–Crippen LogP) is 4.91. The monoisotopic (exact) mass is 342 g/mol. The molecule has 21 heavy (non-hydrogen) atoms. The Morgan fingerprint density at radius 3 is 2.43 bits per heavy atom. The number of hydrogen-bond acceptors (Lipinski definition) is 2. The molecule has 3 nitrogen and oxygen atoms in total. The molecule has 0 aliphatic heterocycles. The van der Waals surface area contributed by atoms with E-state index < -0.39 is 11.7 Å². The van der Waals surface area contributed by atoms with Gasteiger partial charge in [-0.1, -0.05) is 34.8 Å². The molecule has 1 amide bonds. The standard InChI is InChI=1S/C14H6Cl3FN2O/c15-10-3-8(2-1-7(10)6-19)20-14(21)9-4-13(18)12(17)5-11(9)16/h1-5H,(H,20,21). The fourth-order valence-corrected chi connectivity index (χ4v) is 2.27. The van der Waals surface area contributed by atoms with E-state index in [1.54, 1.807) is 0 Å². The van der Waals surface area contributed by atoms with Crippen molar-refractivity contribution in [1.29, 1.82) is 5.26 Å².